The van der Waals surface area contributed by atoms with Gasteiger partial charge in [0.05, 0.1) is 25.3 Å². The van der Waals surface area contributed by atoms with Gasteiger partial charge >= 0.3 is 5.97 Å². The summed E-state index contributed by atoms with van der Waals surface area (Å²) in [7, 11) is 2.86. The number of fused-ring (bicyclic) bond motifs is 1. The molecule has 6 nitrogen and oxygen atoms in total. The van der Waals surface area contributed by atoms with Gasteiger partial charge in [-0.05, 0) is 23.8 Å². The van der Waals surface area contributed by atoms with Crippen LogP contribution in [0.1, 0.15) is 15.9 Å². The average molecular weight is 364 g/mol. The zero-order valence-corrected chi connectivity index (χ0v) is 15.1. The molecule has 3 aromatic rings. The predicted octanol–water partition coefficient (Wildman–Crippen LogP) is 2.76. The Labute approximate surface area is 157 Å². The Morgan fingerprint density at radius 2 is 1.81 bits per heavy atom. The highest BCUT2D eigenvalue weighted by atomic mass is 16.5. The Kier molecular flexibility index (Phi) is 5.66. The number of hydrogen-bond donors (Lipinski definition) is 1. The van der Waals surface area contributed by atoms with Gasteiger partial charge in [0.25, 0.3) is 5.91 Å². The van der Waals surface area contributed by atoms with Crippen molar-refractivity contribution in [3.05, 3.63) is 71.9 Å². The molecule has 0 aliphatic carbocycles. The van der Waals surface area contributed by atoms with Crippen LogP contribution in [0.2, 0.25) is 0 Å². The van der Waals surface area contributed by atoms with E-state index in [0.29, 0.717) is 16.8 Å². The van der Waals surface area contributed by atoms with Crippen LogP contribution in [-0.4, -0.2) is 37.1 Å². The lowest BCUT2D eigenvalue weighted by Crippen LogP contribution is -2.43. The number of ether oxygens (including phenoxy) is 2. The third-order valence-corrected chi connectivity index (χ3v) is 4.28. The number of amides is 1. The minimum absolute atomic E-state index is 0.251. The van der Waals surface area contributed by atoms with Gasteiger partial charge in [-0.3, -0.25) is 9.78 Å². The van der Waals surface area contributed by atoms with Crippen LogP contribution in [0.4, 0.5) is 0 Å². The Morgan fingerprint density at radius 1 is 1.04 bits per heavy atom. The van der Waals surface area contributed by atoms with E-state index in [4.69, 9.17) is 9.47 Å². The SMILES string of the molecule is COC(=O)[C@@H](Cc1ccccc1OC)NC(=O)c1cccc2cccnc12. The van der Waals surface area contributed by atoms with E-state index in [-0.39, 0.29) is 12.3 Å². The van der Waals surface area contributed by atoms with Crippen molar-refractivity contribution >= 4 is 22.8 Å². The van der Waals surface area contributed by atoms with Crippen LogP contribution in [-0.2, 0) is 16.0 Å². The van der Waals surface area contributed by atoms with Gasteiger partial charge in [0.2, 0.25) is 0 Å². The fourth-order valence-electron chi connectivity index (χ4n) is 2.95. The number of nitrogens with one attached hydrogen (secondary N) is 1. The van der Waals surface area contributed by atoms with E-state index in [1.165, 1.54) is 7.11 Å². The largest absolute Gasteiger partial charge is 0.496 e. The predicted molar refractivity (Wildman–Crippen MR) is 102 cm³/mol. The molecule has 2 aromatic carbocycles. The zero-order chi connectivity index (χ0) is 19.2. The molecule has 1 heterocycles. The van der Waals surface area contributed by atoms with Gasteiger partial charge in [0.15, 0.2) is 0 Å². The zero-order valence-electron chi connectivity index (χ0n) is 15.1. The molecule has 0 radical (unpaired) electrons. The Morgan fingerprint density at radius 3 is 2.59 bits per heavy atom. The number of para-hydroxylation sites is 2. The maximum absolute atomic E-state index is 12.8. The highest BCUT2D eigenvalue weighted by molar-refractivity contribution is 6.06. The van der Waals surface area contributed by atoms with E-state index in [9.17, 15) is 9.59 Å². The highest BCUT2D eigenvalue weighted by Crippen LogP contribution is 2.20. The molecular weight excluding hydrogens is 344 g/mol. The van der Waals surface area contributed by atoms with E-state index >= 15 is 0 Å². The molecule has 0 saturated heterocycles. The van der Waals surface area contributed by atoms with Crippen molar-refractivity contribution in [1.82, 2.24) is 10.3 Å². The summed E-state index contributed by atoms with van der Waals surface area (Å²) in [5, 5.41) is 3.62. The summed E-state index contributed by atoms with van der Waals surface area (Å²) in [5.41, 5.74) is 1.78. The molecule has 0 saturated carbocycles. The van der Waals surface area contributed by atoms with Crippen LogP contribution in [0.3, 0.4) is 0 Å². The Balaban J connectivity index is 1.88. The summed E-state index contributed by atoms with van der Waals surface area (Å²) in [6.07, 6.45) is 1.88. The summed E-state index contributed by atoms with van der Waals surface area (Å²) in [6, 6.07) is 15.5. The molecule has 0 aliphatic rings. The standard InChI is InChI=1S/C21H20N2O4/c1-26-18-11-4-3-7-15(18)13-17(21(25)27-2)23-20(24)16-10-5-8-14-9-6-12-22-19(14)16/h3-12,17H,13H2,1-2H3,(H,23,24)/t17-/m1/s1. The summed E-state index contributed by atoms with van der Waals surface area (Å²) in [4.78, 5) is 29.4. The van der Waals surface area contributed by atoms with E-state index in [0.717, 1.165) is 10.9 Å². The van der Waals surface area contributed by atoms with Crippen molar-refractivity contribution in [3.63, 3.8) is 0 Å². The highest BCUT2D eigenvalue weighted by Gasteiger charge is 2.24. The number of carbonyl (C=O) groups is 2. The van der Waals surface area contributed by atoms with Gasteiger partial charge in [0.1, 0.15) is 11.8 Å². The first-order valence-electron chi connectivity index (χ1n) is 8.48. The molecule has 27 heavy (non-hydrogen) atoms. The number of methoxy groups -OCH3 is 2. The number of benzene rings is 2. The topological polar surface area (TPSA) is 77.5 Å². The molecule has 3 rings (SSSR count). The monoisotopic (exact) mass is 364 g/mol. The summed E-state index contributed by atoms with van der Waals surface area (Å²) < 4.78 is 10.2. The maximum atomic E-state index is 12.8. The van der Waals surface area contributed by atoms with Crippen molar-refractivity contribution in [1.29, 1.82) is 0 Å². The van der Waals surface area contributed by atoms with Crippen LogP contribution in [0, 0.1) is 0 Å². The molecule has 138 valence electrons. The number of aromatic nitrogens is 1. The second-order valence-corrected chi connectivity index (χ2v) is 5.95. The second-order valence-electron chi connectivity index (χ2n) is 5.95. The van der Waals surface area contributed by atoms with Crippen molar-refractivity contribution in [2.75, 3.05) is 14.2 Å². The molecule has 0 unspecified atom stereocenters. The molecule has 6 heteroatoms. The lowest BCUT2D eigenvalue weighted by molar-refractivity contribution is -0.142. The van der Waals surface area contributed by atoms with Gasteiger partial charge in [-0.25, -0.2) is 4.79 Å². The number of nitrogens with zero attached hydrogens (tertiary/aromatic N) is 1. The van der Waals surface area contributed by atoms with E-state index < -0.39 is 12.0 Å². The molecule has 1 atom stereocenters. The second kappa shape index (κ2) is 8.31. The molecule has 0 aliphatic heterocycles. The summed E-state index contributed by atoms with van der Waals surface area (Å²) in [6.45, 7) is 0. The van der Waals surface area contributed by atoms with Crippen LogP contribution >= 0.6 is 0 Å². The third kappa shape index (κ3) is 4.06. The first-order chi connectivity index (χ1) is 13.1. The average Bonchev–Trinajstić information content (AvgIpc) is 2.72. The van der Waals surface area contributed by atoms with E-state index in [1.807, 2.05) is 36.4 Å². The summed E-state index contributed by atoms with van der Waals surface area (Å²) in [5.74, 6) is -0.264. The number of hydrogen-bond acceptors (Lipinski definition) is 5. The minimum Gasteiger partial charge on any atom is -0.496 e. The molecule has 0 fully saturated rings. The van der Waals surface area contributed by atoms with Crippen LogP contribution in [0.5, 0.6) is 5.75 Å². The molecule has 0 bridgehead atoms. The fraction of sp³-hybridized carbons (Fsp3) is 0.190. The van der Waals surface area contributed by atoms with Crippen LogP contribution < -0.4 is 10.1 Å². The smallest absolute Gasteiger partial charge is 0.328 e. The number of pyridine rings is 1. The molecular formula is C21H20N2O4. The molecule has 0 spiro atoms. The van der Waals surface area contributed by atoms with E-state index in [2.05, 4.69) is 10.3 Å². The molecule has 1 aromatic heterocycles. The fourth-order valence-corrected chi connectivity index (χ4v) is 2.95. The first kappa shape index (κ1) is 18.4. The lowest BCUT2D eigenvalue weighted by atomic mass is 10.0. The number of esters is 1. The lowest BCUT2D eigenvalue weighted by Gasteiger charge is -2.18. The van der Waals surface area contributed by atoms with Gasteiger partial charge in [-0.2, -0.15) is 0 Å². The number of rotatable bonds is 6. The molecule has 1 N–H and O–H groups in total. The quantitative estimate of drug-likeness (QED) is 0.681. The Hall–Kier alpha value is -3.41. The normalized spacial score (nSPS) is 11.6. The van der Waals surface area contributed by atoms with Crippen LogP contribution in [0.15, 0.2) is 60.8 Å². The van der Waals surface area contributed by atoms with Gasteiger partial charge in [-0.1, -0.05) is 36.4 Å². The van der Waals surface area contributed by atoms with Crippen molar-refractivity contribution in [3.8, 4) is 5.75 Å². The summed E-state index contributed by atoms with van der Waals surface area (Å²) >= 11 is 0. The first-order valence-corrected chi connectivity index (χ1v) is 8.48. The Bertz CT molecular complexity index is 966. The maximum Gasteiger partial charge on any atom is 0.328 e. The minimum atomic E-state index is -0.849. The molecule has 1 amide bonds. The van der Waals surface area contributed by atoms with Gasteiger partial charge in [0, 0.05) is 18.0 Å². The van der Waals surface area contributed by atoms with Gasteiger partial charge in [-0.15, -0.1) is 0 Å². The third-order valence-electron chi connectivity index (χ3n) is 4.28. The van der Waals surface area contributed by atoms with Crippen molar-refractivity contribution in [2.45, 2.75) is 12.5 Å². The van der Waals surface area contributed by atoms with Crippen molar-refractivity contribution < 1.29 is 19.1 Å². The van der Waals surface area contributed by atoms with E-state index in [1.54, 1.807) is 31.5 Å². The van der Waals surface area contributed by atoms with Crippen LogP contribution in [0.25, 0.3) is 10.9 Å². The number of carbonyl (C=O) groups excluding carboxylic acids is 2. The van der Waals surface area contributed by atoms with Crippen molar-refractivity contribution in [2.24, 2.45) is 0 Å². The van der Waals surface area contributed by atoms with Gasteiger partial charge < -0.3 is 14.8 Å².